The fraction of sp³-hybridized carbons (Fsp3) is 0.562. The summed E-state index contributed by atoms with van der Waals surface area (Å²) in [5.41, 5.74) is 0.765. The fourth-order valence-corrected chi connectivity index (χ4v) is 2.99. The van der Waals surface area contributed by atoms with Gasteiger partial charge in [0, 0.05) is 16.9 Å². The summed E-state index contributed by atoms with van der Waals surface area (Å²) >= 11 is 5.83. The zero-order valence-electron chi connectivity index (χ0n) is 11.3. The van der Waals surface area contributed by atoms with Gasteiger partial charge in [0.25, 0.3) is 0 Å². The highest BCUT2D eigenvalue weighted by molar-refractivity contribution is 6.30. The second-order valence-corrected chi connectivity index (χ2v) is 5.96. The van der Waals surface area contributed by atoms with Crippen molar-refractivity contribution in [3.05, 3.63) is 34.9 Å². The molecule has 1 saturated carbocycles. The minimum atomic E-state index is -0.730. The Labute approximate surface area is 119 Å². The van der Waals surface area contributed by atoms with Gasteiger partial charge in [-0.2, -0.15) is 0 Å². The molecular formula is C16H21ClO2. The number of carbonyl (C=O) groups excluding carboxylic acids is 1. The molecule has 1 aromatic rings. The van der Waals surface area contributed by atoms with Crippen LogP contribution in [0.2, 0.25) is 5.02 Å². The first kappa shape index (κ1) is 14.5. The number of rotatable bonds is 4. The topological polar surface area (TPSA) is 37.3 Å². The number of benzene rings is 1. The Balaban J connectivity index is 2.03. The predicted octanol–water partition coefficient (Wildman–Crippen LogP) is 4.16. The Morgan fingerprint density at radius 2 is 1.79 bits per heavy atom. The average Bonchev–Trinajstić information content (AvgIpc) is 2.46. The SMILES string of the molecule is C[C@H](C(=O)C1CCCCC1)[C@@H](O)c1ccc(Cl)cc1. The van der Waals surface area contributed by atoms with E-state index in [1.807, 2.05) is 6.92 Å². The summed E-state index contributed by atoms with van der Waals surface area (Å²) in [5, 5.41) is 11.0. The van der Waals surface area contributed by atoms with E-state index in [1.54, 1.807) is 24.3 Å². The Kier molecular flexibility index (Phi) is 5.00. The quantitative estimate of drug-likeness (QED) is 0.899. The van der Waals surface area contributed by atoms with Crippen molar-refractivity contribution in [3.63, 3.8) is 0 Å². The molecular weight excluding hydrogens is 260 g/mol. The van der Waals surface area contributed by atoms with Crippen LogP contribution < -0.4 is 0 Å². The van der Waals surface area contributed by atoms with Gasteiger partial charge in [-0.1, -0.05) is 49.9 Å². The number of aliphatic hydroxyl groups is 1. The molecule has 2 atom stereocenters. The average molecular weight is 281 g/mol. The van der Waals surface area contributed by atoms with E-state index < -0.39 is 6.10 Å². The lowest BCUT2D eigenvalue weighted by Crippen LogP contribution is -2.28. The molecule has 1 N–H and O–H groups in total. The molecule has 0 aliphatic heterocycles. The summed E-state index contributed by atoms with van der Waals surface area (Å²) in [5.74, 6) is 0.0112. The van der Waals surface area contributed by atoms with E-state index in [2.05, 4.69) is 0 Å². The molecule has 0 spiro atoms. The van der Waals surface area contributed by atoms with E-state index in [0.717, 1.165) is 31.2 Å². The molecule has 0 saturated heterocycles. The van der Waals surface area contributed by atoms with Gasteiger partial charge in [0.05, 0.1) is 6.10 Å². The second kappa shape index (κ2) is 6.53. The highest BCUT2D eigenvalue weighted by Gasteiger charge is 2.30. The number of aliphatic hydroxyl groups excluding tert-OH is 1. The van der Waals surface area contributed by atoms with Gasteiger partial charge in [0.1, 0.15) is 5.78 Å². The van der Waals surface area contributed by atoms with Gasteiger partial charge in [0.15, 0.2) is 0 Å². The maximum absolute atomic E-state index is 12.4. The third kappa shape index (κ3) is 3.58. The summed E-state index contributed by atoms with van der Waals surface area (Å²) in [6, 6.07) is 7.07. The molecule has 0 unspecified atom stereocenters. The lowest BCUT2D eigenvalue weighted by molar-refractivity contribution is -0.130. The highest BCUT2D eigenvalue weighted by Crippen LogP contribution is 2.31. The molecule has 0 amide bonds. The van der Waals surface area contributed by atoms with Crippen LogP contribution in [0, 0.1) is 11.8 Å². The minimum Gasteiger partial charge on any atom is -0.388 e. The molecule has 0 radical (unpaired) electrons. The Morgan fingerprint density at radius 3 is 2.37 bits per heavy atom. The lowest BCUT2D eigenvalue weighted by Gasteiger charge is -2.26. The van der Waals surface area contributed by atoms with Crippen molar-refractivity contribution in [2.75, 3.05) is 0 Å². The molecule has 1 aliphatic rings. The van der Waals surface area contributed by atoms with Crippen molar-refractivity contribution in [2.45, 2.75) is 45.1 Å². The van der Waals surface area contributed by atoms with Crippen LogP contribution in [-0.4, -0.2) is 10.9 Å². The van der Waals surface area contributed by atoms with Crippen LogP contribution in [0.25, 0.3) is 0 Å². The van der Waals surface area contributed by atoms with Crippen LogP contribution in [-0.2, 0) is 4.79 Å². The molecule has 1 fully saturated rings. The number of ketones is 1. The number of hydrogen-bond acceptors (Lipinski definition) is 2. The number of carbonyl (C=O) groups is 1. The molecule has 104 valence electrons. The van der Waals surface area contributed by atoms with Crippen LogP contribution in [0.3, 0.4) is 0 Å². The van der Waals surface area contributed by atoms with Gasteiger partial charge in [0.2, 0.25) is 0 Å². The van der Waals surface area contributed by atoms with E-state index in [-0.39, 0.29) is 17.6 Å². The molecule has 2 nitrogen and oxygen atoms in total. The van der Waals surface area contributed by atoms with Gasteiger partial charge >= 0.3 is 0 Å². The maximum Gasteiger partial charge on any atom is 0.141 e. The van der Waals surface area contributed by atoms with Crippen molar-refractivity contribution in [1.29, 1.82) is 0 Å². The van der Waals surface area contributed by atoms with Gasteiger partial charge in [-0.25, -0.2) is 0 Å². The molecule has 2 rings (SSSR count). The Hall–Kier alpha value is -0.860. The first-order valence-corrected chi connectivity index (χ1v) is 7.44. The maximum atomic E-state index is 12.4. The lowest BCUT2D eigenvalue weighted by atomic mass is 9.79. The van der Waals surface area contributed by atoms with E-state index in [0.29, 0.717) is 5.02 Å². The van der Waals surface area contributed by atoms with E-state index in [1.165, 1.54) is 6.42 Å². The summed E-state index contributed by atoms with van der Waals surface area (Å²) in [7, 11) is 0. The van der Waals surface area contributed by atoms with Crippen LogP contribution in [0.1, 0.15) is 50.7 Å². The van der Waals surface area contributed by atoms with Crippen molar-refractivity contribution >= 4 is 17.4 Å². The van der Waals surface area contributed by atoms with E-state index in [9.17, 15) is 9.90 Å². The summed E-state index contributed by atoms with van der Waals surface area (Å²) in [4.78, 5) is 12.4. The van der Waals surface area contributed by atoms with Crippen molar-refractivity contribution < 1.29 is 9.90 Å². The smallest absolute Gasteiger partial charge is 0.141 e. The zero-order chi connectivity index (χ0) is 13.8. The normalized spacial score (nSPS) is 19.9. The second-order valence-electron chi connectivity index (χ2n) is 5.52. The van der Waals surface area contributed by atoms with Gasteiger partial charge < -0.3 is 5.11 Å². The van der Waals surface area contributed by atoms with Crippen molar-refractivity contribution in [2.24, 2.45) is 11.8 Å². The van der Waals surface area contributed by atoms with E-state index in [4.69, 9.17) is 11.6 Å². The van der Waals surface area contributed by atoms with Crippen LogP contribution in [0.15, 0.2) is 24.3 Å². The standard InChI is InChI=1S/C16H21ClO2/c1-11(15(18)12-5-3-2-4-6-12)16(19)13-7-9-14(17)10-8-13/h7-12,16,19H,2-6H2,1H3/t11-,16-/m1/s1. The van der Waals surface area contributed by atoms with E-state index >= 15 is 0 Å². The molecule has 0 aromatic heterocycles. The van der Waals surface area contributed by atoms with Crippen LogP contribution in [0.4, 0.5) is 0 Å². The monoisotopic (exact) mass is 280 g/mol. The number of Topliss-reactive ketones (excluding diaryl/α,β-unsaturated/α-hetero) is 1. The molecule has 3 heteroatoms. The van der Waals surface area contributed by atoms with Gasteiger partial charge in [-0.05, 0) is 30.5 Å². The summed E-state index contributed by atoms with van der Waals surface area (Å²) in [6.07, 6.45) is 4.75. The highest BCUT2D eigenvalue weighted by atomic mass is 35.5. The zero-order valence-corrected chi connectivity index (χ0v) is 12.1. The first-order valence-electron chi connectivity index (χ1n) is 7.07. The molecule has 0 bridgehead atoms. The first-order chi connectivity index (χ1) is 9.09. The third-order valence-electron chi connectivity index (χ3n) is 4.14. The van der Waals surface area contributed by atoms with Gasteiger partial charge in [-0.3, -0.25) is 4.79 Å². The largest absolute Gasteiger partial charge is 0.388 e. The summed E-state index contributed by atoms with van der Waals surface area (Å²) in [6.45, 7) is 1.83. The molecule has 1 aromatic carbocycles. The molecule has 19 heavy (non-hydrogen) atoms. The van der Waals surface area contributed by atoms with Crippen LogP contribution >= 0.6 is 11.6 Å². The van der Waals surface area contributed by atoms with Crippen molar-refractivity contribution in [3.8, 4) is 0 Å². The summed E-state index contributed by atoms with van der Waals surface area (Å²) < 4.78 is 0. The Morgan fingerprint density at radius 1 is 1.21 bits per heavy atom. The number of hydrogen-bond donors (Lipinski definition) is 1. The Bertz CT molecular complexity index is 421. The molecule has 0 heterocycles. The predicted molar refractivity (Wildman–Crippen MR) is 77.2 cm³/mol. The third-order valence-corrected chi connectivity index (χ3v) is 4.39. The van der Waals surface area contributed by atoms with Crippen molar-refractivity contribution in [1.82, 2.24) is 0 Å². The van der Waals surface area contributed by atoms with Gasteiger partial charge in [-0.15, -0.1) is 0 Å². The minimum absolute atomic E-state index is 0.144. The fourth-order valence-electron chi connectivity index (χ4n) is 2.86. The number of halogens is 1. The van der Waals surface area contributed by atoms with Crippen LogP contribution in [0.5, 0.6) is 0 Å². The molecule has 1 aliphatic carbocycles.